The maximum absolute atomic E-state index is 11.9. The molecule has 2 aromatic rings. The van der Waals surface area contributed by atoms with Crippen molar-refractivity contribution in [3.63, 3.8) is 0 Å². The van der Waals surface area contributed by atoms with Gasteiger partial charge in [0.15, 0.2) is 5.76 Å². The summed E-state index contributed by atoms with van der Waals surface area (Å²) < 4.78 is 5.29. The zero-order chi connectivity index (χ0) is 16.7. The number of nitrogens with zero attached hydrogens (tertiary/aromatic N) is 2. The highest BCUT2D eigenvalue weighted by Crippen LogP contribution is 2.22. The fourth-order valence-electron chi connectivity index (χ4n) is 2.27. The Hall–Kier alpha value is -1.85. The SMILES string of the molecule is CCN(CC)CCNC(=O)Cc1cc(-c2ccc(Cl)cc2)on1. The number of rotatable bonds is 8. The Kier molecular flexibility index (Phi) is 6.62. The van der Waals surface area contributed by atoms with Gasteiger partial charge in [0, 0.05) is 29.7 Å². The van der Waals surface area contributed by atoms with Crippen LogP contribution in [0.25, 0.3) is 11.3 Å². The molecule has 0 aliphatic heterocycles. The van der Waals surface area contributed by atoms with Gasteiger partial charge in [-0.2, -0.15) is 0 Å². The molecule has 1 N–H and O–H groups in total. The van der Waals surface area contributed by atoms with Crippen LogP contribution in [0.4, 0.5) is 0 Å². The van der Waals surface area contributed by atoms with Crippen LogP contribution in [0.3, 0.4) is 0 Å². The van der Waals surface area contributed by atoms with Gasteiger partial charge in [0.1, 0.15) is 0 Å². The van der Waals surface area contributed by atoms with E-state index in [1.54, 1.807) is 18.2 Å². The molecule has 0 spiro atoms. The van der Waals surface area contributed by atoms with E-state index >= 15 is 0 Å². The van der Waals surface area contributed by atoms with Crippen LogP contribution >= 0.6 is 11.6 Å². The second kappa shape index (κ2) is 8.70. The van der Waals surface area contributed by atoms with E-state index in [2.05, 4.69) is 29.2 Å². The number of carbonyl (C=O) groups is 1. The summed E-state index contributed by atoms with van der Waals surface area (Å²) in [5.41, 5.74) is 1.50. The predicted molar refractivity (Wildman–Crippen MR) is 91.5 cm³/mol. The second-order valence-electron chi connectivity index (χ2n) is 5.24. The quantitative estimate of drug-likeness (QED) is 0.805. The Bertz CT molecular complexity index is 621. The first-order chi connectivity index (χ1) is 11.1. The minimum atomic E-state index is -0.0480. The van der Waals surface area contributed by atoms with Gasteiger partial charge < -0.3 is 14.7 Å². The molecule has 1 aromatic carbocycles. The van der Waals surface area contributed by atoms with Gasteiger partial charge in [-0.15, -0.1) is 0 Å². The Labute approximate surface area is 141 Å². The van der Waals surface area contributed by atoms with Crippen LogP contribution in [0.1, 0.15) is 19.5 Å². The van der Waals surface area contributed by atoms with Gasteiger partial charge in [0.25, 0.3) is 0 Å². The van der Waals surface area contributed by atoms with E-state index in [1.165, 1.54) is 0 Å². The summed E-state index contributed by atoms with van der Waals surface area (Å²) in [4.78, 5) is 14.2. The normalized spacial score (nSPS) is 11.0. The molecular formula is C17H22ClN3O2. The molecule has 0 unspecified atom stereocenters. The Morgan fingerprint density at radius 3 is 2.61 bits per heavy atom. The smallest absolute Gasteiger partial charge is 0.226 e. The van der Waals surface area contributed by atoms with Crippen molar-refractivity contribution >= 4 is 17.5 Å². The van der Waals surface area contributed by atoms with Gasteiger partial charge in [0.2, 0.25) is 5.91 Å². The molecule has 1 amide bonds. The molecular weight excluding hydrogens is 314 g/mol. The maximum Gasteiger partial charge on any atom is 0.226 e. The van der Waals surface area contributed by atoms with Crippen LogP contribution in [-0.2, 0) is 11.2 Å². The van der Waals surface area contributed by atoms with E-state index in [9.17, 15) is 4.79 Å². The highest BCUT2D eigenvalue weighted by molar-refractivity contribution is 6.30. The topological polar surface area (TPSA) is 58.4 Å². The van der Waals surface area contributed by atoms with Crippen LogP contribution in [-0.4, -0.2) is 42.1 Å². The van der Waals surface area contributed by atoms with Crippen molar-refractivity contribution in [2.75, 3.05) is 26.2 Å². The molecule has 0 bridgehead atoms. The number of halogens is 1. The lowest BCUT2D eigenvalue weighted by Crippen LogP contribution is -2.35. The van der Waals surface area contributed by atoms with E-state index in [4.69, 9.17) is 16.1 Å². The van der Waals surface area contributed by atoms with Crippen molar-refractivity contribution < 1.29 is 9.32 Å². The average molecular weight is 336 g/mol. The van der Waals surface area contributed by atoms with E-state index in [-0.39, 0.29) is 12.3 Å². The van der Waals surface area contributed by atoms with Crippen LogP contribution in [0.15, 0.2) is 34.9 Å². The van der Waals surface area contributed by atoms with E-state index in [1.807, 2.05) is 12.1 Å². The molecule has 0 saturated carbocycles. The predicted octanol–water partition coefficient (Wildman–Crippen LogP) is 3.00. The van der Waals surface area contributed by atoms with Crippen LogP contribution in [0.2, 0.25) is 5.02 Å². The monoisotopic (exact) mass is 335 g/mol. The summed E-state index contributed by atoms with van der Waals surface area (Å²) >= 11 is 5.86. The third-order valence-corrected chi connectivity index (χ3v) is 3.93. The van der Waals surface area contributed by atoms with Crippen molar-refractivity contribution in [3.8, 4) is 11.3 Å². The van der Waals surface area contributed by atoms with Crippen molar-refractivity contribution in [2.24, 2.45) is 0 Å². The van der Waals surface area contributed by atoms with Crippen molar-refractivity contribution in [2.45, 2.75) is 20.3 Å². The van der Waals surface area contributed by atoms with Gasteiger partial charge in [0.05, 0.1) is 12.1 Å². The Morgan fingerprint density at radius 1 is 1.26 bits per heavy atom. The number of likely N-dealkylation sites (N-methyl/N-ethyl adjacent to an activating group) is 1. The van der Waals surface area contributed by atoms with Crippen molar-refractivity contribution in [1.82, 2.24) is 15.4 Å². The summed E-state index contributed by atoms with van der Waals surface area (Å²) in [6, 6.07) is 9.08. The number of amides is 1. The summed E-state index contributed by atoms with van der Waals surface area (Å²) in [6.07, 6.45) is 0.218. The van der Waals surface area contributed by atoms with Crippen LogP contribution < -0.4 is 5.32 Å². The van der Waals surface area contributed by atoms with Crippen molar-refractivity contribution in [1.29, 1.82) is 0 Å². The summed E-state index contributed by atoms with van der Waals surface area (Å²) in [6.45, 7) is 7.69. The molecule has 5 nitrogen and oxygen atoms in total. The maximum atomic E-state index is 11.9. The lowest BCUT2D eigenvalue weighted by molar-refractivity contribution is -0.120. The Balaban J connectivity index is 1.84. The zero-order valence-corrected chi connectivity index (χ0v) is 14.3. The first kappa shape index (κ1) is 17.5. The lowest BCUT2D eigenvalue weighted by Gasteiger charge is -2.17. The van der Waals surface area contributed by atoms with Crippen molar-refractivity contribution in [3.05, 3.63) is 41.0 Å². The van der Waals surface area contributed by atoms with Crippen LogP contribution in [0.5, 0.6) is 0 Å². The standard InChI is InChI=1S/C17H22ClN3O2/c1-3-21(4-2)10-9-19-17(22)12-15-11-16(23-20-15)13-5-7-14(18)8-6-13/h5-8,11H,3-4,9-10,12H2,1-2H3,(H,19,22). The molecule has 2 rings (SSSR count). The number of aromatic nitrogens is 1. The van der Waals surface area contributed by atoms with Gasteiger partial charge in [-0.25, -0.2) is 0 Å². The molecule has 0 radical (unpaired) electrons. The molecule has 0 fully saturated rings. The molecule has 23 heavy (non-hydrogen) atoms. The molecule has 1 heterocycles. The van der Waals surface area contributed by atoms with Gasteiger partial charge in [-0.1, -0.05) is 30.6 Å². The summed E-state index contributed by atoms with van der Waals surface area (Å²) in [7, 11) is 0. The first-order valence-electron chi connectivity index (χ1n) is 7.83. The summed E-state index contributed by atoms with van der Waals surface area (Å²) in [5.74, 6) is 0.584. The van der Waals surface area contributed by atoms with Crippen LogP contribution in [0, 0.1) is 0 Å². The van der Waals surface area contributed by atoms with Gasteiger partial charge >= 0.3 is 0 Å². The number of hydrogen-bond donors (Lipinski definition) is 1. The zero-order valence-electron chi connectivity index (χ0n) is 13.5. The van der Waals surface area contributed by atoms with E-state index < -0.39 is 0 Å². The largest absolute Gasteiger partial charge is 0.356 e. The second-order valence-corrected chi connectivity index (χ2v) is 5.68. The minimum Gasteiger partial charge on any atom is -0.356 e. The third kappa shape index (κ3) is 5.37. The number of benzene rings is 1. The molecule has 1 aromatic heterocycles. The minimum absolute atomic E-state index is 0.0480. The van der Waals surface area contributed by atoms with Gasteiger partial charge in [-0.05, 0) is 37.4 Å². The molecule has 6 heteroatoms. The molecule has 0 saturated heterocycles. The highest BCUT2D eigenvalue weighted by atomic mass is 35.5. The molecule has 0 aliphatic rings. The lowest BCUT2D eigenvalue weighted by atomic mass is 10.1. The fraction of sp³-hybridized carbons (Fsp3) is 0.412. The molecule has 0 aliphatic carbocycles. The highest BCUT2D eigenvalue weighted by Gasteiger charge is 2.10. The van der Waals surface area contributed by atoms with E-state index in [0.717, 1.165) is 25.2 Å². The first-order valence-corrected chi connectivity index (χ1v) is 8.20. The Morgan fingerprint density at radius 2 is 1.96 bits per heavy atom. The fourth-order valence-corrected chi connectivity index (χ4v) is 2.39. The average Bonchev–Trinajstić information content (AvgIpc) is 3.00. The van der Waals surface area contributed by atoms with Gasteiger partial charge in [-0.3, -0.25) is 4.79 Å². The number of hydrogen-bond acceptors (Lipinski definition) is 4. The van der Waals surface area contributed by atoms with E-state index in [0.29, 0.717) is 23.0 Å². The third-order valence-electron chi connectivity index (χ3n) is 3.67. The molecule has 124 valence electrons. The number of nitrogens with one attached hydrogen (secondary N) is 1. The summed E-state index contributed by atoms with van der Waals surface area (Å²) in [5, 5.41) is 7.53. The molecule has 0 atom stereocenters. The number of carbonyl (C=O) groups excluding carboxylic acids is 1.